The second kappa shape index (κ2) is 12.6. The molecule has 0 bridgehead atoms. The van der Waals surface area contributed by atoms with Gasteiger partial charge in [0.15, 0.2) is 0 Å². The maximum absolute atomic E-state index is 13.8. The largest absolute Gasteiger partial charge is 0.348 e. The average Bonchev–Trinajstić information content (AvgIpc) is 3.48. The van der Waals surface area contributed by atoms with Gasteiger partial charge in [-0.1, -0.05) is 109 Å². The molecule has 1 heterocycles. The molecule has 206 valence electrons. The summed E-state index contributed by atoms with van der Waals surface area (Å²) in [6.45, 7) is 2.73. The Morgan fingerprint density at radius 2 is 1.37 bits per heavy atom. The van der Waals surface area contributed by atoms with Gasteiger partial charge in [-0.15, -0.1) is 0 Å². The standard InChI is InChI=1S/C36H34N2O2S/c39-36(33-19-9-10-20-35(33)41(40)34-21-11-17-29-16-7-8-18-32(29)34)37-30-22-24-38(26-30)25-23-31(27-12-3-1-4-13-27)28-14-5-2-6-15-28/h1-21,30-31H,22-26H2,(H,37,39). The van der Waals surface area contributed by atoms with Gasteiger partial charge in [0.2, 0.25) is 0 Å². The molecule has 5 aromatic carbocycles. The third-order valence-electron chi connectivity index (χ3n) is 8.03. The van der Waals surface area contributed by atoms with Crippen LogP contribution in [0.3, 0.4) is 0 Å². The number of benzene rings is 5. The summed E-state index contributed by atoms with van der Waals surface area (Å²) in [7, 11) is -1.48. The zero-order valence-electron chi connectivity index (χ0n) is 23.0. The monoisotopic (exact) mass is 558 g/mol. The van der Waals surface area contributed by atoms with Gasteiger partial charge in [0, 0.05) is 25.0 Å². The minimum absolute atomic E-state index is 0.0634. The fourth-order valence-corrected chi connectivity index (χ4v) is 7.30. The molecule has 1 N–H and O–H groups in total. The Morgan fingerprint density at radius 3 is 2.12 bits per heavy atom. The van der Waals surface area contributed by atoms with Crippen LogP contribution in [-0.2, 0) is 10.8 Å². The van der Waals surface area contributed by atoms with Crippen LogP contribution in [0.25, 0.3) is 10.8 Å². The molecule has 1 aliphatic heterocycles. The summed E-state index contributed by atoms with van der Waals surface area (Å²) >= 11 is 0. The maximum atomic E-state index is 13.8. The number of carbonyl (C=O) groups is 1. The number of rotatable bonds is 9. The first kappa shape index (κ1) is 27.1. The molecule has 2 unspecified atom stereocenters. The van der Waals surface area contributed by atoms with E-state index in [0.29, 0.717) is 16.4 Å². The van der Waals surface area contributed by atoms with Gasteiger partial charge >= 0.3 is 0 Å². The normalized spacial score (nSPS) is 16.2. The molecule has 0 radical (unpaired) electrons. The fraction of sp³-hybridized carbons (Fsp3) is 0.194. The van der Waals surface area contributed by atoms with Gasteiger partial charge in [0.05, 0.1) is 26.2 Å². The molecule has 0 aliphatic carbocycles. The second-order valence-electron chi connectivity index (χ2n) is 10.7. The summed E-state index contributed by atoms with van der Waals surface area (Å²) in [5, 5.41) is 5.22. The minimum Gasteiger partial charge on any atom is -0.348 e. The van der Waals surface area contributed by atoms with E-state index in [1.54, 1.807) is 12.1 Å². The van der Waals surface area contributed by atoms with E-state index in [2.05, 4.69) is 70.9 Å². The smallest absolute Gasteiger partial charge is 0.252 e. The Bertz CT molecular complexity index is 1610. The zero-order valence-corrected chi connectivity index (χ0v) is 23.8. The molecule has 1 amide bonds. The number of amides is 1. The predicted molar refractivity (Wildman–Crippen MR) is 167 cm³/mol. The lowest BCUT2D eigenvalue weighted by Crippen LogP contribution is -2.37. The lowest BCUT2D eigenvalue weighted by atomic mass is 9.88. The van der Waals surface area contributed by atoms with E-state index in [-0.39, 0.29) is 11.9 Å². The first-order valence-corrected chi connectivity index (χ1v) is 15.4. The highest BCUT2D eigenvalue weighted by molar-refractivity contribution is 7.85. The number of carbonyl (C=O) groups excluding carboxylic acids is 1. The Kier molecular flexibility index (Phi) is 8.36. The van der Waals surface area contributed by atoms with Gasteiger partial charge in [-0.2, -0.15) is 0 Å². The van der Waals surface area contributed by atoms with Gasteiger partial charge in [0.1, 0.15) is 0 Å². The summed E-state index contributed by atoms with van der Waals surface area (Å²) < 4.78 is 13.8. The molecule has 0 saturated carbocycles. The van der Waals surface area contributed by atoms with Crippen LogP contribution in [0.15, 0.2) is 137 Å². The van der Waals surface area contributed by atoms with Crippen LogP contribution in [-0.4, -0.2) is 40.7 Å². The highest BCUT2D eigenvalue weighted by Crippen LogP contribution is 2.30. The number of nitrogens with zero attached hydrogens (tertiary/aromatic N) is 1. The van der Waals surface area contributed by atoms with Gasteiger partial charge < -0.3 is 10.2 Å². The van der Waals surface area contributed by atoms with Crippen LogP contribution >= 0.6 is 0 Å². The van der Waals surface area contributed by atoms with Crippen molar-refractivity contribution < 1.29 is 9.00 Å². The summed E-state index contributed by atoms with van der Waals surface area (Å²) in [5.74, 6) is 0.175. The van der Waals surface area contributed by atoms with Crippen molar-refractivity contribution in [1.29, 1.82) is 0 Å². The molecular formula is C36H34N2O2S. The average molecular weight is 559 g/mol. The third-order valence-corrected chi connectivity index (χ3v) is 9.54. The van der Waals surface area contributed by atoms with Gasteiger partial charge in [-0.25, -0.2) is 4.21 Å². The number of hydrogen-bond donors (Lipinski definition) is 1. The summed E-state index contributed by atoms with van der Waals surface area (Å²) in [5.41, 5.74) is 3.14. The Labute approximate surface area is 244 Å². The molecule has 5 aromatic rings. The van der Waals surface area contributed by atoms with Crippen LogP contribution in [0.4, 0.5) is 0 Å². The predicted octanol–water partition coefficient (Wildman–Crippen LogP) is 7.03. The molecule has 2 atom stereocenters. The van der Waals surface area contributed by atoms with Crippen molar-refractivity contribution in [2.45, 2.75) is 34.6 Å². The van der Waals surface area contributed by atoms with Gasteiger partial charge in [0.25, 0.3) is 5.91 Å². The molecule has 5 heteroatoms. The summed E-state index contributed by atoms with van der Waals surface area (Å²) in [6.07, 6.45) is 1.92. The van der Waals surface area contributed by atoms with E-state index in [9.17, 15) is 9.00 Å². The first-order valence-electron chi connectivity index (χ1n) is 14.3. The van der Waals surface area contributed by atoms with Crippen molar-refractivity contribution in [2.75, 3.05) is 19.6 Å². The van der Waals surface area contributed by atoms with Crippen LogP contribution in [0, 0.1) is 0 Å². The van der Waals surface area contributed by atoms with Gasteiger partial charge in [-0.3, -0.25) is 4.79 Å². The lowest BCUT2D eigenvalue weighted by molar-refractivity contribution is 0.0934. The first-order chi connectivity index (χ1) is 20.2. The Hall–Kier alpha value is -4.06. The van der Waals surface area contributed by atoms with Crippen LogP contribution in [0.2, 0.25) is 0 Å². The minimum atomic E-state index is -1.48. The van der Waals surface area contributed by atoms with Crippen molar-refractivity contribution in [2.24, 2.45) is 0 Å². The van der Waals surface area contributed by atoms with Crippen LogP contribution < -0.4 is 5.32 Å². The van der Waals surface area contributed by atoms with Crippen molar-refractivity contribution in [3.8, 4) is 0 Å². The molecule has 0 aromatic heterocycles. The molecular weight excluding hydrogens is 524 g/mol. The van der Waals surface area contributed by atoms with E-state index in [1.807, 2.05) is 54.6 Å². The Balaban J connectivity index is 1.12. The van der Waals surface area contributed by atoms with Gasteiger partial charge in [-0.05, 0) is 59.5 Å². The van der Waals surface area contributed by atoms with E-state index in [4.69, 9.17) is 0 Å². The van der Waals surface area contributed by atoms with Crippen molar-refractivity contribution >= 4 is 27.5 Å². The number of hydrogen-bond acceptors (Lipinski definition) is 3. The summed E-state index contributed by atoms with van der Waals surface area (Å²) in [4.78, 5) is 17.2. The molecule has 1 aliphatic rings. The van der Waals surface area contributed by atoms with E-state index < -0.39 is 10.8 Å². The SMILES string of the molecule is O=C(NC1CCN(CCC(c2ccccc2)c2ccccc2)C1)c1ccccc1S(=O)c1cccc2ccccc12. The second-order valence-corrected chi connectivity index (χ2v) is 12.1. The molecule has 0 spiro atoms. The molecule has 41 heavy (non-hydrogen) atoms. The maximum Gasteiger partial charge on any atom is 0.252 e. The fourth-order valence-electron chi connectivity index (χ4n) is 5.92. The van der Waals surface area contributed by atoms with Crippen LogP contribution in [0.1, 0.15) is 40.2 Å². The highest BCUT2D eigenvalue weighted by Gasteiger charge is 2.27. The molecule has 4 nitrogen and oxygen atoms in total. The molecule has 6 rings (SSSR count). The highest BCUT2D eigenvalue weighted by atomic mass is 32.2. The topological polar surface area (TPSA) is 49.4 Å². The van der Waals surface area contributed by atoms with E-state index in [0.717, 1.165) is 48.1 Å². The summed E-state index contributed by atoms with van der Waals surface area (Å²) in [6, 6.07) is 42.5. The Morgan fingerprint density at radius 1 is 0.756 bits per heavy atom. The number of fused-ring (bicyclic) bond motifs is 1. The lowest BCUT2D eigenvalue weighted by Gasteiger charge is -2.22. The van der Waals surface area contributed by atoms with Crippen molar-refractivity contribution in [1.82, 2.24) is 10.2 Å². The number of nitrogens with one attached hydrogen (secondary N) is 1. The van der Waals surface area contributed by atoms with Crippen molar-refractivity contribution in [3.05, 3.63) is 144 Å². The van der Waals surface area contributed by atoms with E-state index in [1.165, 1.54) is 11.1 Å². The number of likely N-dealkylation sites (tertiary alicyclic amines) is 1. The quantitative estimate of drug-likeness (QED) is 0.211. The zero-order chi connectivity index (χ0) is 28.0. The van der Waals surface area contributed by atoms with Crippen LogP contribution in [0.5, 0.6) is 0 Å². The molecule has 1 fully saturated rings. The van der Waals surface area contributed by atoms with E-state index >= 15 is 0 Å². The molecule has 1 saturated heterocycles. The van der Waals surface area contributed by atoms with Crippen molar-refractivity contribution in [3.63, 3.8) is 0 Å². The third kappa shape index (κ3) is 6.17.